The van der Waals surface area contributed by atoms with E-state index < -0.39 is 18.4 Å². The normalized spacial score (nSPS) is 23.4. The van der Waals surface area contributed by atoms with Crippen LogP contribution in [0.15, 0.2) is 11.4 Å². The molecule has 11 nitrogen and oxygen atoms in total. The quantitative estimate of drug-likeness (QED) is 0.467. The molecule has 1 saturated heterocycles. The molecule has 0 saturated carbocycles. The summed E-state index contributed by atoms with van der Waals surface area (Å²) in [6, 6.07) is -0.445. The molecule has 0 spiro atoms. The molecule has 0 unspecified atom stereocenters. The first-order valence-electron chi connectivity index (χ1n) is 7.60. The van der Waals surface area contributed by atoms with Gasteiger partial charge in [0.05, 0.1) is 25.1 Å². The van der Waals surface area contributed by atoms with Gasteiger partial charge in [0.25, 0.3) is 0 Å². The van der Waals surface area contributed by atoms with Crippen LogP contribution in [0.2, 0.25) is 0 Å². The number of aromatic nitrogens is 4. The minimum atomic E-state index is -0.555. The van der Waals surface area contributed by atoms with E-state index in [0.717, 1.165) is 6.54 Å². The van der Waals surface area contributed by atoms with Crippen molar-refractivity contribution in [1.29, 1.82) is 0 Å². The van der Waals surface area contributed by atoms with Gasteiger partial charge in [0, 0.05) is 24.9 Å². The van der Waals surface area contributed by atoms with E-state index in [1.54, 1.807) is 10.9 Å². The van der Waals surface area contributed by atoms with Crippen LogP contribution in [0, 0.1) is 0 Å². The fourth-order valence-corrected chi connectivity index (χ4v) is 2.78. The van der Waals surface area contributed by atoms with Gasteiger partial charge in [-0.15, -0.1) is 0 Å². The van der Waals surface area contributed by atoms with Gasteiger partial charge in [-0.2, -0.15) is 9.97 Å². The van der Waals surface area contributed by atoms with Gasteiger partial charge in [-0.3, -0.25) is 4.57 Å². The summed E-state index contributed by atoms with van der Waals surface area (Å²) in [5.74, 6) is 0.782. The molecule has 1 fully saturated rings. The number of rotatable bonds is 5. The summed E-state index contributed by atoms with van der Waals surface area (Å²) in [6.45, 7) is 2.51. The molecule has 0 amide bonds. The first-order valence-corrected chi connectivity index (χ1v) is 7.60. The maximum Gasteiger partial charge on any atom is 0.224 e. The Morgan fingerprint density at radius 3 is 3.04 bits per heavy atom. The highest BCUT2D eigenvalue weighted by Crippen LogP contribution is 2.34. The van der Waals surface area contributed by atoms with Crippen LogP contribution in [0.25, 0.3) is 21.6 Å². The highest BCUT2D eigenvalue weighted by atomic mass is 16.5. The van der Waals surface area contributed by atoms with E-state index in [9.17, 15) is 5.11 Å². The Hall–Kier alpha value is -2.62. The summed E-state index contributed by atoms with van der Waals surface area (Å²) in [5, 5.41) is 13.1. The highest BCUT2D eigenvalue weighted by molar-refractivity contribution is 5.84. The molecule has 0 bridgehead atoms. The lowest BCUT2D eigenvalue weighted by molar-refractivity contribution is -0.0232. The Morgan fingerprint density at radius 1 is 1.58 bits per heavy atom. The maximum atomic E-state index is 9.40. The van der Waals surface area contributed by atoms with Crippen LogP contribution in [-0.2, 0) is 4.74 Å². The Labute approximate surface area is 137 Å². The van der Waals surface area contributed by atoms with Crippen LogP contribution in [-0.4, -0.2) is 57.0 Å². The second-order valence-corrected chi connectivity index (χ2v) is 5.56. The SMILES string of the molecule is CCN(C)c1nc(N)nc2c1ncn2[C@H]1C[C@H](N=[N+]=[N-])[C@@H](CO)O1. The number of aliphatic hydroxyl groups excluding tert-OH is 1. The number of ether oxygens (including phenoxy) is 1. The number of azide groups is 1. The van der Waals surface area contributed by atoms with Crippen molar-refractivity contribution >= 4 is 22.9 Å². The van der Waals surface area contributed by atoms with Gasteiger partial charge >= 0.3 is 0 Å². The monoisotopic (exact) mass is 333 g/mol. The van der Waals surface area contributed by atoms with E-state index >= 15 is 0 Å². The van der Waals surface area contributed by atoms with Crippen molar-refractivity contribution in [2.75, 3.05) is 30.8 Å². The van der Waals surface area contributed by atoms with Crippen LogP contribution in [0.1, 0.15) is 19.6 Å². The van der Waals surface area contributed by atoms with Crippen LogP contribution < -0.4 is 10.6 Å². The molecule has 3 N–H and O–H groups in total. The van der Waals surface area contributed by atoms with Crippen molar-refractivity contribution in [3.8, 4) is 0 Å². The lowest BCUT2D eigenvalue weighted by Crippen LogP contribution is -2.23. The Morgan fingerprint density at radius 2 is 2.38 bits per heavy atom. The van der Waals surface area contributed by atoms with Crippen molar-refractivity contribution in [3.63, 3.8) is 0 Å². The third-order valence-electron chi connectivity index (χ3n) is 4.15. The third kappa shape index (κ3) is 2.68. The second kappa shape index (κ2) is 6.48. The number of anilines is 2. The minimum absolute atomic E-state index is 0.142. The number of hydrogen-bond acceptors (Lipinski definition) is 8. The van der Waals surface area contributed by atoms with E-state index in [4.69, 9.17) is 16.0 Å². The minimum Gasteiger partial charge on any atom is -0.394 e. The number of nitrogen functional groups attached to an aromatic ring is 1. The summed E-state index contributed by atoms with van der Waals surface area (Å²) in [5.41, 5.74) is 15.6. The van der Waals surface area contributed by atoms with E-state index in [1.807, 2.05) is 18.9 Å². The first-order chi connectivity index (χ1) is 11.6. The standard InChI is InChI=1S/C13H19N9O2/c1-3-21(2)11-10-12(18-13(14)17-11)22(6-16-10)9-4-7(19-20-15)8(5-23)24-9/h6-9,23H,3-5H2,1-2H3,(H2,14,17,18)/t7-,8+,9+/m0/s1. The Balaban J connectivity index is 2.02. The molecule has 1 aliphatic heterocycles. The van der Waals surface area contributed by atoms with E-state index in [0.29, 0.717) is 23.4 Å². The molecule has 128 valence electrons. The molecule has 0 radical (unpaired) electrons. The van der Waals surface area contributed by atoms with Crippen LogP contribution in [0.5, 0.6) is 0 Å². The van der Waals surface area contributed by atoms with Crippen molar-refractivity contribution in [3.05, 3.63) is 16.8 Å². The number of nitrogens with two attached hydrogens (primary N) is 1. The fourth-order valence-electron chi connectivity index (χ4n) is 2.78. The average molecular weight is 333 g/mol. The molecule has 24 heavy (non-hydrogen) atoms. The zero-order valence-corrected chi connectivity index (χ0v) is 13.4. The molecule has 0 aliphatic carbocycles. The number of fused-ring (bicyclic) bond motifs is 1. The van der Waals surface area contributed by atoms with Crippen molar-refractivity contribution < 1.29 is 9.84 Å². The fraction of sp³-hybridized carbons (Fsp3) is 0.615. The molecule has 3 heterocycles. The van der Waals surface area contributed by atoms with E-state index in [2.05, 4.69) is 25.0 Å². The average Bonchev–Trinajstić information content (AvgIpc) is 3.17. The number of aliphatic hydroxyl groups is 1. The zero-order valence-electron chi connectivity index (χ0n) is 13.4. The van der Waals surface area contributed by atoms with Gasteiger partial charge in [0.15, 0.2) is 17.0 Å². The predicted molar refractivity (Wildman–Crippen MR) is 87.2 cm³/mol. The zero-order chi connectivity index (χ0) is 17.3. The molecule has 2 aromatic rings. The topological polar surface area (TPSA) is 151 Å². The smallest absolute Gasteiger partial charge is 0.224 e. The number of nitrogens with zero attached hydrogens (tertiary/aromatic N) is 8. The largest absolute Gasteiger partial charge is 0.394 e. The van der Waals surface area contributed by atoms with Crippen LogP contribution >= 0.6 is 0 Å². The summed E-state index contributed by atoms with van der Waals surface area (Å²) >= 11 is 0. The lowest BCUT2D eigenvalue weighted by atomic mass is 10.1. The van der Waals surface area contributed by atoms with Crippen molar-refractivity contribution in [2.24, 2.45) is 5.11 Å². The molecule has 2 aromatic heterocycles. The summed E-state index contributed by atoms with van der Waals surface area (Å²) in [7, 11) is 1.89. The molecule has 3 rings (SSSR count). The summed E-state index contributed by atoms with van der Waals surface area (Å²) in [4.78, 5) is 17.7. The third-order valence-corrected chi connectivity index (χ3v) is 4.15. The predicted octanol–water partition coefficient (Wildman–Crippen LogP) is 0.823. The van der Waals surface area contributed by atoms with Gasteiger partial charge in [-0.05, 0) is 12.5 Å². The van der Waals surface area contributed by atoms with E-state index in [-0.39, 0.29) is 12.6 Å². The molecular weight excluding hydrogens is 314 g/mol. The van der Waals surface area contributed by atoms with E-state index in [1.165, 1.54) is 0 Å². The second-order valence-electron chi connectivity index (χ2n) is 5.56. The summed E-state index contributed by atoms with van der Waals surface area (Å²) < 4.78 is 7.52. The molecule has 1 aliphatic rings. The number of imidazole rings is 1. The molecule has 3 atom stereocenters. The Kier molecular flexibility index (Phi) is 4.38. The molecule has 11 heteroatoms. The van der Waals surface area contributed by atoms with Crippen LogP contribution in [0.3, 0.4) is 0 Å². The molecule has 0 aromatic carbocycles. The first kappa shape index (κ1) is 16.2. The van der Waals surface area contributed by atoms with Gasteiger partial charge < -0.3 is 20.5 Å². The van der Waals surface area contributed by atoms with Gasteiger partial charge in [0.1, 0.15) is 6.23 Å². The molecular formula is C13H19N9O2. The lowest BCUT2D eigenvalue weighted by Gasteiger charge is -2.17. The van der Waals surface area contributed by atoms with Crippen molar-refractivity contribution in [2.45, 2.75) is 31.7 Å². The number of hydrogen-bond donors (Lipinski definition) is 2. The van der Waals surface area contributed by atoms with Gasteiger partial charge in [-0.1, -0.05) is 5.11 Å². The van der Waals surface area contributed by atoms with Gasteiger partial charge in [0.2, 0.25) is 5.95 Å². The Bertz CT molecular complexity index is 785. The van der Waals surface area contributed by atoms with Gasteiger partial charge in [-0.25, -0.2) is 4.98 Å². The maximum absolute atomic E-state index is 9.40. The highest BCUT2D eigenvalue weighted by Gasteiger charge is 2.36. The van der Waals surface area contributed by atoms with Crippen molar-refractivity contribution in [1.82, 2.24) is 19.5 Å². The van der Waals surface area contributed by atoms with Crippen LogP contribution in [0.4, 0.5) is 11.8 Å². The summed E-state index contributed by atoms with van der Waals surface area (Å²) in [6.07, 6.45) is 1.02.